The first-order valence-corrected chi connectivity index (χ1v) is 10.5. The lowest BCUT2D eigenvalue weighted by Gasteiger charge is -2.27. The van der Waals surface area contributed by atoms with E-state index in [1.165, 1.54) is 17.0 Å². The Bertz CT molecular complexity index is 1030. The van der Waals surface area contributed by atoms with Gasteiger partial charge >= 0.3 is 0 Å². The van der Waals surface area contributed by atoms with Gasteiger partial charge in [0.2, 0.25) is 0 Å². The van der Waals surface area contributed by atoms with Crippen LogP contribution in [0.3, 0.4) is 0 Å². The van der Waals surface area contributed by atoms with Gasteiger partial charge in [0.25, 0.3) is 0 Å². The van der Waals surface area contributed by atoms with Crippen molar-refractivity contribution >= 4 is 17.3 Å². The molecule has 1 aliphatic rings. The standard InChI is InChI=1S/C23H27N5S/c1-5-13-27-21(20(26-23(27)29)19-10-6-7-11-24-19)18-14-16(3)28(17(18)4)22-15(2)9-8-12-25-22/h6-12,14,20-21H,5,13H2,1-4H3,(H,26,29)/t20-,21+/m1/s1. The molecule has 1 fully saturated rings. The van der Waals surface area contributed by atoms with Crippen molar-refractivity contribution in [2.45, 2.75) is 46.2 Å². The lowest BCUT2D eigenvalue weighted by molar-refractivity contribution is 0.316. The minimum atomic E-state index is 0.0222. The number of nitrogens with one attached hydrogen (secondary N) is 1. The van der Waals surface area contributed by atoms with Crippen LogP contribution in [0.2, 0.25) is 0 Å². The molecule has 0 saturated carbocycles. The largest absolute Gasteiger partial charge is 0.352 e. The molecule has 6 heteroatoms. The Kier molecular flexibility index (Phi) is 5.37. The highest BCUT2D eigenvalue weighted by atomic mass is 32.1. The van der Waals surface area contributed by atoms with Crippen molar-refractivity contribution in [3.63, 3.8) is 0 Å². The van der Waals surface area contributed by atoms with Crippen LogP contribution in [0.15, 0.2) is 48.8 Å². The van der Waals surface area contributed by atoms with Gasteiger partial charge < -0.3 is 14.8 Å². The zero-order valence-electron chi connectivity index (χ0n) is 17.4. The van der Waals surface area contributed by atoms with Crippen molar-refractivity contribution in [1.29, 1.82) is 0 Å². The molecule has 0 unspecified atom stereocenters. The van der Waals surface area contributed by atoms with E-state index < -0.39 is 0 Å². The number of hydrogen-bond donors (Lipinski definition) is 1. The molecule has 0 spiro atoms. The summed E-state index contributed by atoms with van der Waals surface area (Å²) in [5, 5.41) is 4.33. The van der Waals surface area contributed by atoms with Crippen LogP contribution in [-0.2, 0) is 0 Å². The van der Waals surface area contributed by atoms with E-state index in [0.717, 1.165) is 35.2 Å². The van der Waals surface area contributed by atoms with Gasteiger partial charge in [0, 0.05) is 30.3 Å². The summed E-state index contributed by atoms with van der Waals surface area (Å²) in [5.74, 6) is 0.985. The highest BCUT2D eigenvalue weighted by Gasteiger charge is 2.41. The van der Waals surface area contributed by atoms with E-state index >= 15 is 0 Å². The maximum Gasteiger partial charge on any atom is 0.170 e. The van der Waals surface area contributed by atoms with Crippen molar-refractivity contribution in [2.24, 2.45) is 0 Å². The SMILES string of the molecule is CCCN1C(=S)N[C@H](c2ccccn2)[C@@H]1c1cc(C)n(-c2ncccc2C)c1C. The molecule has 29 heavy (non-hydrogen) atoms. The zero-order valence-corrected chi connectivity index (χ0v) is 18.2. The minimum absolute atomic E-state index is 0.0222. The molecule has 3 aromatic heterocycles. The summed E-state index contributed by atoms with van der Waals surface area (Å²) in [6.45, 7) is 9.52. The summed E-state index contributed by atoms with van der Waals surface area (Å²) in [5.41, 5.74) is 5.81. The van der Waals surface area contributed by atoms with Gasteiger partial charge in [0.1, 0.15) is 5.82 Å². The van der Waals surface area contributed by atoms with Gasteiger partial charge in [0.05, 0.1) is 17.8 Å². The van der Waals surface area contributed by atoms with Crippen LogP contribution >= 0.6 is 12.2 Å². The number of hydrogen-bond acceptors (Lipinski definition) is 3. The van der Waals surface area contributed by atoms with Crippen LogP contribution in [-0.4, -0.2) is 31.1 Å². The van der Waals surface area contributed by atoms with Gasteiger partial charge in [-0.1, -0.05) is 19.1 Å². The number of thiocarbonyl (C=S) groups is 1. The fraction of sp³-hybridized carbons (Fsp3) is 0.348. The monoisotopic (exact) mass is 405 g/mol. The molecule has 2 atom stereocenters. The molecule has 1 N–H and O–H groups in total. The van der Waals surface area contributed by atoms with E-state index in [2.05, 4.69) is 70.6 Å². The molecular formula is C23H27N5S. The van der Waals surface area contributed by atoms with E-state index in [9.17, 15) is 0 Å². The third-order valence-electron chi connectivity index (χ3n) is 5.64. The Morgan fingerprint density at radius 3 is 2.55 bits per heavy atom. The second kappa shape index (κ2) is 7.95. The van der Waals surface area contributed by atoms with Gasteiger partial charge in [-0.25, -0.2) is 4.98 Å². The maximum atomic E-state index is 5.73. The first-order chi connectivity index (χ1) is 14.0. The second-order valence-corrected chi connectivity index (χ2v) is 8.01. The number of rotatable bonds is 5. The van der Waals surface area contributed by atoms with E-state index in [0.29, 0.717) is 0 Å². The number of aryl methyl sites for hydroxylation is 2. The summed E-state index contributed by atoms with van der Waals surface area (Å²) < 4.78 is 2.26. The summed E-state index contributed by atoms with van der Waals surface area (Å²) in [7, 11) is 0. The van der Waals surface area contributed by atoms with Crippen LogP contribution in [0.5, 0.6) is 0 Å². The molecular weight excluding hydrogens is 378 g/mol. The van der Waals surface area contributed by atoms with Crippen molar-refractivity contribution in [3.8, 4) is 5.82 Å². The second-order valence-electron chi connectivity index (χ2n) is 7.63. The Labute approximate surface area is 177 Å². The summed E-state index contributed by atoms with van der Waals surface area (Å²) in [6.07, 6.45) is 4.73. The van der Waals surface area contributed by atoms with Crippen LogP contribution in [0.1, 0.15) is 53.6 Å². The number of aromatic nitrogens is 3. The number of nitrogens with zero attached hydrogens (tertiary/aromatic N) is 4. The molecule has 0 aliphatic carbocycles. The van der Waals surface area contributed by atoms with Crippen LogP contribution in [0, 0.1) is 20.8 Å². The molecule has 1 aliphatic heterocycles. The molecule has 5 nitrogen and oxygen atoms in total. The quantitative estimate of drug-likeness (QED) is 0.630. The molecule has 1 saturated heterocycles. The Hall–Kier alpha value is -2.73. The van der Waals surface area contributed by atoms with Gasteiger partial charge in [0.15, 0.2) is 5.11 Å². The van der Waals surface area contributed by atoms with Gasteiger partial charge in [-0.2, -0.15) is 0 Å². The van der Waals surface area contributed by atoms with Crippen molar-refractivity contribution in [2.75, 3.05) is 6.54 Å². The molecule has 4 rings (SSSR count). The van der Waals surface area contributed by atoms with Gasteiger partial charge in [-0.15, -0.1) is 0 Å². The molecule has 0 radical (unpaired) electrons. The van der Waals surface area contributed by atoms with E-state index in [1.54, 1.807) is 0 Å². The molecule has 0 aromatic carbocycles. The first kappa shape index (κ1) is 19.6. The van der Waals surface area contributed by atoms with E-state index in [1.807, 2.05) is 30.6 Å². The van der Waals surface area contributed by atoms with Gasteiger partial charge in [-0.3, -0.25) is 4.98 Å². The fourth-order valence-electron chi connectivity index (χ4n) is 4.35. The van der Waals surface area contributed by atoms with Crippen LogP contribution in [0.4, 0.5) is 0 Å². The zero-order chi connectivity index (χ0) is 20.5. The maximum absolute atomic E-state index is 5.73. The molecule has 4 heterocycles. The lowest BCUT2D eigenvalue weighted by Crippen LogP contribution is -2.30. The average Bonchev–Trinajstić information content (AvgIpc) is 3.19. The summed E-state index contributed by atoms with van der Waals surface area (Å²) >= 11 is 5.73. The van der Waals surface area contributed by atoms with Crippen LogP contribution in [0.25, 0.3) is 5.82 Å². The predicted molar refractivity (Wildman–Crippen MR) is 120 cm³/mol. The molecule has 3 aromatic rings. The molecule has 150 valence electrons. The summed E-state index contributed by atoms with van der Waals surface area (Å²) in [6, 6.07) is 12.5. The predicted octanol–water partition coefficient (Wildman–Crippen LogP) is 4.58. The molecule has 0 amide bonds. The smallest absolute Gasteiger partial charge is 0.170 e. The van der Waals surface area contributed by atoms with Crippen molar-refractivity contribution in [3.05, 3.63) is 77.0 Å². The van der Waals surface area contributed by atoms with E-state index in [4.69, 9.17) is 12.2 Å². The topological polar surface area (TPSA) is 46.0 Å². The highest BCUT2D eigenvalue weighted by Crippen LogP contribution is 2.41. The van der Waals surface area contributed by atoms with Gasteiger partial charge in [-0.05, 0) is 74.8 Å². The average molecular weight is 406 g/mol. The first-order valence-electron chi connectivity index (χ1n) is 10.1. The number of pyridine rings is 2. The third kappa shape index (κ3) is 3.42. The third-order valence-corrected chi connectivity index (χ3v) is 6.00. The fourth-order valence-corrected chi connectivity index (χ4v) is 4.68. The van der Waals surface area contributed by atoms with Crippen LogP contribution < -0.4 is 5.32 Å². The summed E-state index contributed by atoms with van der Waals surface area (Å²) in [4.78, 5) is 11.6. The Morgan fingerprint density at radius 1 is 1.07 bits per heavy atom. The minimum Gasteiger partial charge on any atom is -0.352 e. The Balaban J connectivity index is 1.85. The van der Waals surface area contributed by atoms with Crippen molar-refractivity contribution < 1.29 is 0 Å². The lowest BCUT2D eigenvalue weighted by atomic mass is 9.96. The van der Waals surface area contributed by atoms with Crippen molar-refractivity contribution in [1.82, 2.24) is 24.8 Å². The molecule has 0 bridgehead atoms. The van der Waals surface area contributed by atoms with E-state index in [-0.39, 0.29) is 12.1 Å². The Morgan fingerprint density at radius 2 is 1.86 bits per heavy atom. The normalized spacial score (nSPS) is 18.9. The highest BCUT2D eigenvalue weighted by molar-refractivity contribution is 7.80.